The molecule has 4 saturated carbocycles. The van der Waals surface area contributed by atoms with Crippen LogP contribution in [0.1, 0.15) is 38.5 Å². The first kappa shape index (κ1) is 12.9. The predicted molar refractivity (Wildman–Crippen MR) is 83.6 cm³/mol. The normalized spacial score (nSPS) is 38.0. The molecule has 5 rings (SSSR count). The van der Waals surface area contributed by atoms with Crippen LogP contribution in [0, 0.1) is 17.8 Å². The summed E-state index contributed by atoms with van der Waals surface area (Å²) in [4.78, 5) is 13.9. The molecule has 0 spiro atoms. The quantitative estimate of drug-likeness (QED) is 0.751. The molecule has 4 aliphatic rings. The molecule has 1 aromatic carbocycles. The van der Waals surface area contributed by atoms with Crippen LogP contribution < -0.4 is 4.90 Å². The summed E-state index contributed by atoms with van der Waals surface area (Å²) in [7, 11) is 0. The summed E-state index contributed by atoms with van der Waals surface area (Å²) in [5.41, 5.74) is 1.16. The van der Waals surface area contributed by atoms with Crippen molar-refractivity contribution in [1.82, 2.24) is 0 Å². The molecule has 4 aliphatic carbocycles. The summed E-state index contributed by atoms with van der Waals surface area (Å²) in [6.45, 7) is 0. The number of amides is 1. The van der Waals surface area contributed by atoms with Gasteiger partial charge in [-0.15, -0.1) is 0 Å². The van der Waals surface area contributed by atoms with Crippen LogP contribution in [0.4, 0.5) is 5.69 Å². The van der Waals surface area contributed by atoms with Crippen molar-refractivity contribution >= 4 is 28.0 Å². The van der Waals surface area contributed by atoms with Crippen LogP contribution in [-0.4, -0.2) is 11.9 Å². The Labute approximate surface area is 128 Å². The van der Waals surface area contributed by atoms with Crippen molar-refractivity contribution in [3.8, 4) is 0 Å². The number of hydrogen-bond acceptors (Lipinski definition) is 1. The molecular formula is C17H20BrNO. The smallest absolute Gasteiger partial charge is 0.214 e. The molecule has 0 aliphatic heterocycles. The number of carbonyl (C=O) groups excluding carboxylic acids is 1. The lowest BCUT2D eigenvalue weighted by molar-refractivity contribution is -0.110. The van der Waals surface area contributed by atoms with Gasteiger partial charge < -0.3 is 4.90 Å². The molecule has 2 nitrogen and oxygen atoms in total. The Morgan fingerprint density at radius 2 is 1.70 bits per heavy atom. The fraction of sp³-hybridized carbons (Fsp3) is 0.588. The van der Waals surface area contributed by atoms with Gasteiger partial charge in [0.15, 0.2) is 0 Å². The molecule has 1 aromatic rings. The third-order valence-corrected chi connectivity index (χ3v) is 6.20. The van der Waals surface area contributed by atoms with Gasteiger partial charge in [-0.1, -0.05) is 22.0 Å². The maximum atomic E-state index is 11.8. The molecule has 0 heterocycles. The first-order chi connectivity index (χ1) is 9.68. The van der Waals surface area contributed by atoms with E-state index in [0.717, 1.165) is 34.3 Å². The average Bonchev–Trinajstić information content (AvgIpc) is 2.37. The van der Waals surface area contributed by atoms with Gasteiger partial charge in [-0.3, -0.25) is 4.79 Å². The van der Waals surface area contributed by atoms with Gasteiger partial charge in [0.25, 0.3) is 0 Å². The van der Waals surface area contributed by atoms with Crippen LogP contribution in [0.3, 0.4) is 0 Å². The van der Waals surface area contributed by atoms with Crippen LogP contribution in [0.2, 0.25) is 0 Å². The highest BCUT2D eigenvalue weighted by molar-refractivity contribution is 9.10. The lowest BCUT2D eigenvalue weighted by atomic mass is 9.52. The number of rotatable bonds is 3. The van der Waals surface area contributed by atoms with E-state index in [-0.39, 0.29) is 5.54 Å². The topological polar surface area (TPSA) is 20.3 Å². The van der Waals surface area contributed by atoms with Crippen molar-refractivity contribution < 1.29 is 4.79 Å². The van der Waals surface area contributed by atoms with Crippen LogP contribution in [0.5, 0.6) is 0 Å². The van der Waals surface area contributed by atoms with Gasteiger partial charge in [0.1, 0.15) is 0 Å². The molecule has 20 heavy (non-hydrogen) atoms. The predicted octanol–water partition coefficient (Wildman–Crippen LogP) is 4.38. The van der Waals surface area contributed by atoms with E-state index in [2.05, 4.69) is 33.0 Å². The molecule has 0 atom stereocenters. The van der Waals surface area contributed by atoms with Gasteiger partial charge in [-0.2, -0.15) is 0 Å². The molecule has 0 unspecified atom stereocenters. The Kier molecular flexibility index (Phi) is 2.95. The summed E-state index contributed by atoms with van der Waals surface area (Å²) >= 11 is 3.53. The first-order valence-electron chi connectivity index (χ1n) is 7.69. The number of anilines is 1. The first-order valence-corrected chi connectivity index (χ1v) is 8.48. The zero-order chi connectivity index (χ0) is 13.7. The number of benzene rings is 1. The minimum absolute atomic E-state index is 0.108. The van der Waals surface area contributed by atoms with Crippen LogP contribution in [-0.2, 0) is 4.79 Å². The van der Waals surface area contributed by atoms with Crippen molar-refractivity contribution in [3.63, 3.8) is 0 Å². The Balaban J connectivity index is 1.72. The molecule has 0 saturated heterocycles. The van der Waals surface area contributed by atoms with E-state index in [1.54, 1.807) is 0 Å². The standard InChI is InChI=1S/C17H20BrNO/c18-15-2-1-3-16(7-15)19(11-20)17-8-12-4-13(9-17)6-14(5-12)10-17/h1-3,7,11-14H,4-6,8-10H2. The Hall–Kier alpha value is -0.830. The molecule has 3 heteroatoms. The average molecular weight is 334 g/mol. The highest BCUT2D eigenvalue weighted by atomic mass is 79.9. The monoisotopic (exact) mass is 333 g/mol. The second-order valence-electron chi connectivity index (χ2n) is 7.10. The van der Waals surface area contributed by atoms with E-state index in [9.17, 15) is 4.79 Å². The summed E-state index contributed by atoms with van der Waals surface area (Å²) in [6, 6.07) is 8.19. The number of halogens is 1. The van der Waals surface area contributed by atoms with Crippen LogP contribution in [0.25, 0.3) is 0 Å². The number of nitrogens with zero attached hydrogens (tertiary/aromatic N) is 1. The highest BCUT2D eigenvalue weighted by Gasteiger charge is 2.53. The fourth-order valence-electron chi connectivity index (χ4n) is 5.43. The maximum absolute atomic E-state index is 11.8. The zero-order valence-corrected chi connectivity index (χ0v) is 13.2. The summed E-state index contributed by atoms with van der Waals surface area (Å²) in [5.74, 6) is 2.57. The Morgan fingerprint density at radius 3 is 2.20 bits per heavy atom. The Bertz CT molecular complexity index is 506. The molecular weight excluding hydrogens is 314 g/mol. The highest BCUT2D eigenvalue weighted by Crippen LogP contribution is 2.58. The van der Waals surface area contributed by atoms with Gasteiger partial charge in [0.2, 0.25) is 6.41 Å². The van der Waals surface area contributed by atoms with E-state index in [0.29, 0.717) is 0 Å². The molecule has 0 radical (unpaired) electrons. The van der Waals surface area contributed by atoms with Crippen molar-refractivity contribution in [3.05, 3.63) is 28.7 Å². The largest absolute Gasteiger partial charge is 0.309 e. The fourth-order valence-corrected chi connectivity index (χ4v) is 5.82. The molecule has 0 aromatic heterocycles. The van der Waals surface area contributed by atoms with Gasteiger partial charge in [0, 0.05) is 15.7 Å². The second-order valence-corrected chi connectivity index (χ2v) is 8.01. The van der Waals surface area contributed by atoms with E-state index in [1.165, 1.54) is 38.5 Å². The third-order valence-electron chi connectivity index (χ3n) is 5.71. The van der Waals surface area contributed by atoms with Crippen LogP contribution >= 0.6 is 15.9 Å². The van der Waals surface area contributed by atoms with Crippen LogP contribution in [0.15, 0.2) is 28.7 Å². The van der Waals surface area contributed by atoms with Crippen molar-refractivity contribution in [1.29, 1.82) is 0 Å². The van der Waals surface area contributed by atoms with E-state index >= 15 is 0 Å². The zero-order valence-electron chi connectivity index (χ0n) is 11.6. The minimum atomic E-state index is 0.108. The molecule has 1 amide bonds. The van der Waals surface area contributed by atoms with Gasteiger partial charge in [-0.25, -0.2) is 0 Å². The Morgan fingerprint density at radius 1 is 1.10 bits per heavy atom. The van der Waals surface area contributed by atoms with Gasteiger partial charge >= 0.3 is 0 Å². The van der Waals surface area contributed by atoms with E-state index in [1.807, 2.05) is 12.1 Å². The van der Waals surface area contributed by atoms with Crippen molar-refractivity contribution in [2.75, 3.05) is 4.90 Å². The summed E-state index contributed by atoms with van der Waals surface area (Å²) in [5, 5.41) is 0. The molecule has 106 valence electrons. The van der Waals surface area contributed by atoms with Crippen molar-refractivity contribution in [2.24, 2.45) is 17.8 Å². The van der Waals surface area contributed by atoms with E-state index in [4.69, 9.17) is 0 Å². The number of carbonyl (C=O) groups is 1. The number of hydrogen-bond donors (Lipinski definition) is 0. The van der Waals surface area contributed by atoms with Gasteiger partial charge in [0.05, 0.1) is 0 Å². The third kappa shape index (κ3) is 1.93. The molecule has 4 bridgehead atoms. The summed E-state index contributed by atoms with van der Waals surface area (Å²) in [6.07, 6.45) is 8.94. The SMILES string of the molecule is O=CN(c1cccc(Br)c1)C12CC3CC(CC(C3)C1)C2. The lowest BCUT2D eigenvalue weighted by Gasteiger charge is -2.59. The molecule has 4 fully saturated rings. The molecule has 0 N–H and O–H groups in total. The lowest BCUT2D eigenvalue weighted by Crippen LogP contribution is -2.60. The second kappa shape index (κ2) is 4.59. The maximum Gasteiger partial charge on any atom is 0.214 e. The van der Waals surface area contributed by atoms with Crippen molar-refractivity contribution in [2.45, 2.75) is 44.1 Å². The minimum Gasteiger partial charge on any atom is -0.309 e. The van der Waals surface area contributed by atoms with Gasteiger partial charge in [-0.05, 0) is 74.5 Å². The summed E-state index contributed by atoms with van der Waals surface area (Å²) < 4.78 is 1.05. The van der Waals surface area contributed by atoms with E-state index < -0.39 is 0 Å².